The lowest BCUT2D eigenvalue weighted by Crippen LogP contribution is -2.07. The molecule has 2 aromatic heterocycles. The first-order valence-electron chi connectivity index (χ1n) is 6.30. The minimum absolute atomic E-state index is 0.180. The predicted octanol–water partition coefficient (Wildman–Crippen LogP) is 1.85. The first kappa shape index (κ1) is 10.5. The Labute approximate surface area is 108 Å². The van der Waals surface area contributed by atoms with Gasteiger partial charge in [-0.15, -0.1) is 0 Å². The molecular weight excluding hydrogens is 240 g/mol. The van der Waals surface area contributed by atoms with Crippen molar-refractivity contribution in [1.29, 1.82) is 0 Å². The van der Waals surface area contributed by atoms with Crippen molar-refractivity contribution in [3.63, 3.8) is 0 Å². The molecule has 1 aliphatic carbocycles. The average molecular weight is 252 g/mol. The SMILES string of the molecule is O=c1[nH]cnc2c1ncn2[C@@H]1C[C@H]1c1ccccc1. The van der Waals surface area contributed by atoms with E-state index in [1.54, 1.807) is 6.33 Å². The zero-order valence-corrected chi connectivity index (χ0v) is 10.2. The van der Waals surface area contributed by atoms with Gasteiger partial charge in [0.25, 0.3) is 5.56 Å². The largest absolute Gasteiger partial charge is 0.311 e. The Morgan fingerprint density at radius 1 is 1.21 bits per heavy atom. The van der Waals surface area contributed by atoms with Crippen molar-refractivity contribution in [2.75, 3.05) is 0 Å². The van der Waals surface area contributed by atoms with E-state index in [2.05, 4.69) is 39.2 Å². The molecule has 4 rings (SSSR count). The summed E-state index contributed by atoms with van der Waals surface area (Å²) in [5.74, 6) is 0.500. The quantitative estimate of drug-likeness (QED) is 0.757. The van der Waals surface area contributed by atoms with Crippen molar-refractivity contribution < 1.29 is 0 Å². The molecule has 1 aromatic carbocycles. The van der Waals surface area contributed by atoms with E-state index in [0.29, 0.717) is 23.1 Å². The van der Waals surface area contributed by atoms with E-state index < -0.39 is 0 Å². The summed E-state index contributed by atoms with van der Waals surface area (Å²) < 4.78 is 2.02. The highest BCUT2D eigenvalue weighted by Gasteiger charge is 2.40. The lowest BCUT2D eigenvalue weighted by atomic mass is 10.1. The van der Waals surface area contributed by atoms with Gasteiger partial charge >= 0.3 is 0 Å². The van der Waals surface area contributed by atoms with Crippen LogP contribution in [0.1, 0.15) is 23.9 Å². The van der Waals surface area contributed by atoms with Gasteiger partial charge in [0, 0.05) is 12.0 Å². The molecule has 2 heterocycles. The summed E-state index contributed by atoms with van der Waals surface area (Å²) >= 11 is 0. The number of nitrogens with zero attached hydrogens (tertiary/aromatic N) is 3. The van der Waals surface area contributed by atoms with Crippen molar-refractivity contribution in [3.05, 3.63) is 58.9 Å². The highest BCUT2D eigenvalue weighted by Crippen LogP contribution is 2.51. The summed E-state index contributed by atoms with van der Waals surface area (Å²) in [6.07, 6.45) is 4.23. The van der Waals surface area contributed by atoms with Crippen LogP contribution in [0.3, 0.4) is 0 Å². The highest BCUT2D eigenvalue weighted by atomic mass is 16.1. The fourth-order valence-corrected chi connectivity index (χ4v) is 2.65. The number of rotatable bonds is 2. The molecule has 2 atom stereocenters. The number of nitrogens with one attached hydrogen (secondary N) is 1. The highest BCUT2D eigenvalue weighted by molar-refractivity contribution is 5.69. The molecule has 1 aliphatic rings. The minimum Gasteiger partial charge on any atom is -0.311 e. The standard InChI is InChI=1S/C14H12N4O/c19-14-12-13(15-7-16-14)18(8-17-12)11-6-10(11)9-4-2-1-3-5-9/h1-5,7-8,10-11H,6H2,(H,15,16,19)/t10-,11+/m0/s1. The van der Waals surface area contributed by atoms with Crippen LogP contribution >= 0.6 is 0 Å². The van der Waals surface area contributed by atoms with Crippen LogP contribution < -0.4 is 5.56 Å². The molecule has 5 nitrogen and oxygen atoms in total. The Morgan fingerprint density at radius 3 is 2.89 bits per heavy atom. The maximum Gasteiger partial charge on any atom is 0.278 e. The summed E-state index contributed by atoms with van der Waals surface area (Å²) in [4.78, 5) is 22.6. The van der Waals surface area contributed by atoms with E-state index in [9.17, 15) is 4.79 Å². The Morgan fingerprint density at radius 2 is 2.05 bits per heavy atom. The molecule has 0 radical (unpaired) electrons. The molecular formula is C14H12N4O. The van der Waals surface area contributed by atoms with Crippen LogP contribution in [0.5, 0.6) is 0 Å². The third-order valence-corrected chi connectivity index (χ3v) is 3.71. The van der Waals surface area contributed by atoms with Gasteiger partial charge in [-0.1, -0.05) is 30.3 Å². The maximum absolute atomic E-state index is 11.6. The number of hydrogen-bond donors (Lipinski definition) is 1. The Kier molecular flexibility index (Phi) is 2.09. The molecule has 1 fully saturated rings. The van der Waals surface area contributed by atoms with E-state index in [1.165, 1.54) is 11.9 Å². The summed E-state index contributed by atoms with van der Waals surface area (Å²) in [7, 11) is 0. The number of aromatic nitrogens is 4. The van der Waals surface area contributed by atoms with Crippen molar-refractivity contribution in [3.8, 4) is 0 Å². The van der Waals surface area contributed by atoms with Gasteiger partial charge in [-0.25, -0.2) is 9.97 Å². The Hall–Kier alpha value is -2.43. The van der Waals surface area contributed by atoms with Gasteiger partial charge in [0.05, 0.1) is 12.7 Å². The van der Waals surface area contributed by atoms with Crippen LogP contribution in [-0.4, -0.2) is 19.5 Å². The minimum atomic E-state index is -0.180. The normalized spacial score (nSPS) is 21.7. The van der Waals surface area contributed by atoms with E-state index in [-0.39, 0.29) is 5.56 Å². The first-order valence-corrected chi connectivity index (χ1v) is 6.30. The molecule has 0 amide bonds. The van der Waals surface area contributed by atoms with Crippen molar-refractivity contribution >= 4 is 11.2 Å². The maximum atomic E-state index is 11.6. The lowest BCUT2D eigenvalue weighted by molar-refractivity contribution is 0.731. The molecule has 0 saturated heterocycles. The molecule has 0 bridgehead atoms. The molecule has 94 valence electrons. The van der Waals surface area contributed by atoms with Crippen LogP contribution in [0.25, 0.3) is 11.2 Å². The van der Waals surface area contributed by atoms with Gasteiger partial charge in [0.15, 0.2) is 11.2 Å². The van der Waals surface area contributed by atoms with E-state index in [0.717, 1.165) is 6.42 Å². The van der Waals surface area contributed by atoms with Gasteiger partial charge < -0.3 is 9.55 Å². The molecule has 0 unspecified atom stereocenters. The molecule has 3 aromatic rings. The number of fused-ring (bicyclic) bond motifs is 1. The smallest absolute Gasteiger partial charge is 0.278 e. The number of hydrogen-bond acceptors (Lipinski definition) is 3. The van der Waals surface area contributed by atoms with Gasteiger partial charge in [0.2, 0.25) is 0 Å². The molecule has 1 saturated carbocycles. The van der Waals surface area contributed by atoms with Crippen LogP contribution in [-0.2, 0) is 0 Å². The fraction of sp³-hybridized carbons (Fsp3) is 0.214. The lowest BCUT2D eigenvalue weighted by Gasteiger charge is -2.02. The second kappa shape index (κ2) is 3.78. The number of imidazole rings is 1. The van der Waals surface area contributed by atoms with E-state index in [4.69, 9.17) is 0 Å². The molecule has 1 N–H and O–H groups in total. The van der Waals surface area contributed by atoms with Crippen LogP contribution in [0.4, 0.5) is 0 Å². The number of aromatic amines is 1. The topological polar surface area (TPSA) is 63.6 Å². The number of benzene rings is 1. The average Bonchev–Trinajstić information content (AvgIpc) is 3.12. The van der Waals surface area contributed by atoms with E-state index in [1.807, 2.05) is 10.6 Å². The van der Waals surface area contributed by atoms with Gasteiger partial charge in [-0.05, 0) is 12.0 Å². The van der Waals surface area contributed by atoms with Gasteiger partial charge in [-0.2, -0.15) is 0 Å². The Balaban J connectivity index is 1.74. The second-order valence-corrected chi connectivity index (χ2v) is 4.88. The summed E-state index contributed by atoms with van der Waals surface area (Å²) in [6.45, 7) is 0. The first-order chi connectivity index (χ1) is 9.34. The van der Waals surface area contributed by atoms with Gasteiger partial charge in [0.1, 0.15) is 0 Å². The van der Waals surface area contributed by atoms with Crippen LogP contribution in [0, 0.1) is 0 Å². The van der Waals surface area contributed by atoms with E-state index >= 15 is 0 Å². The fourth-order valence-electron chi connectivity index (χ4n) is 2.65. The van der Waals surface area contributed by atoms with Crippen LogP contribution in [0.2, 0.25) is 0 Å². The third-order valence-electron chi connectivity index (χ3n) is 3.71. The van der Waals surface area contributed by atoms with Crippen molar-refractivity contribution in [2.24, 2.45) is 0 Å². The second-order valence-electron chi connectivity index (χ2n) is 4.88. The summed E-state index contributed by atoms with van der Waals surface area (Å²) in [5, 5.41) is 0. The zero-order chi connectivity index (χ0) is 12.8. The molecule has 5 heteroatoms. The van der Waals surface area contributed by atoms with Crippen molar-refractivity contribution in [1.82, 2.24) is 19.5 Å². The summed E-state index contributed by atoms with van der Waals surface area (Å²) in [5.41, 5.74) is 2.24. The number of H-pyrrole nitrogens is 1. The molecule has 0 aliphatic heterocycles. The van der Waals surface area contributed by atoms with Crippen LogP contribution in [0.15, 0.2) is 47.8 Å². The summed E-state index contributed by atoms with van der Waals surface area (Å²) in [6, 6.07) is 10.8. The predicted molar refractivity (Wildman–Crippen MR) is 71.0 cm³/mol. The monoisotopic (exact) mass is 252 g/mol. The van der Waals surface area contributed by atoms with Crippen molar-refractivity contribution in [2.45, 2.75) is 18.4 Å². The third kappa shape index (κ3) is 1.58. The zero-order valence-electron chi connectivity index (χ0n) is 10.2. The Bertz CT molecular complexity index is 790. The molecule has 0 spiro atoms. The van der Waals surface area contributed by atoms with Gasteiger partial charge in [-0.3, -0.25) is 4.79 Å². The molecule has 19 heavy (non-hydrogen) atoms.